The number of carbonyl (C=O) groups is 4. The number of imide groups is 1. The third kappa shape index (κ3) is 16.9. The third-order valence-corrected chi connectivity index (χ3v) is 11.0. The van der Waals surface area contributed by atoms with Crippen LogP contribution in [0, 0.1) is 0 Å². The Balaban J connectivity index is 0.994. The minimum absolute atomic E-state index is 0.117. The van der Waals surface area contributed by atoms with Gasteiger partial charge in [-0.3, -0.25) is 19.2 Å². The molecule has 3 rings (SSSR count). The summed E-state index contributed by atoms with van der Waals surface area (Å²) in [7, 11) is 4.08. The lowest BCUT2D eigenvalue weighted by molar-refractivity contribution is -0.121. The summed E-state index contributed by atoms with van der Waals surface area (Å²) >= 11 is 0. The molecule has 0 saturated heterocycles. The molecule has 0 unspecified atom stereocenters. The van der Waals surface area contributed by atoms with Crippen molar-refractivity contribution in [2.45, 2.75) is 116 Å². The Kier molecular flexibility index (Phi) is 20.5. The molecule has 7 nitrogen and oxygen atoms in total. The van der Waals surface area contributed by atoms with Gasteiger partial charge >= 0.3 is 0 Å². The van der Waals surface area contributed by atoms with Crippen LogP contribution in [0.15, 0.2) is 72.5 Å². The van der Waals surface area contributed by atoms with Crippen molar-refractivity contribution in [2.75, 3.05) is 23.0 Å². The molecule has 0 spiro atoms. The number of unbranched alkanes of at least 4 members (excludes halogenated alkanes) is 15. The van der Waals surface area contributed by atoms with Crippen LogP contribution >= 0.6 is 21.6 Å². The van der Waals surface area contributed by atoms with E-state index in [1.54, 1.807) is 30.5 Å². The van der Waals surface area contributed by atoms with Crippen LogP contribution in [-0.4, -0.2) is 41.7 Å². The maximum absolute atomic E-state index is 12.5. The standard InChI is InChI=1S/C39H55N3O4S2/c43-36(41-32-33-21-15-16-22-33)25-14-10-6-2-5-9-13-19-30-48-47-29-18-12-8-4-1-3-7-11-17-28-40-39(46)34-23-20-24-35(31-34)42-37(44)26-27-38(42)45/h15-16,20-24,26-27,31-32H,1-14,17-19,25,28-30H2,(H,40,46)(H,41,43). The Morgan fingerprint density at radius 3 is 1.75 bits per heavy atom. The highest BCUT2D eigenvalue weighted by molar-refractivity contribution is 8.76. The van der Waals surface area contributed by atoms with Gasteiger partial charge in [-0.25, -0.2) is 4.90 Å². The number of nitrogens with zero attached hydrogens (tertiary/aromatic N) is 1. The maximum Gasteiger partial charge on any atom is 0.258 e. The summed E-state index contributed by atoms with van der Waals surface area (Å²) < 4.78 is 0. The van der Waals surface area contributed by atoms with Gasteiger partial charge in [0.05, 0.1) is 5.69 Å². The second kappa shape index (κ2) is 25.0. The highest BCUT2D eigenvalue weighted by Crippen LogP contribution is 2.25. The van der Waals surface area contributed by atoms with Gasteiger partial charge in [-0.05, 0) is 49.5 Å². The summed E-state index contributed by atoms with van der Waals surface area (Å²) in [6, 6.07) is 6.63. The molecule has 0 radical (unpaired) electrons. The number of allylic oxidation sites excluding steroid dienone is 5. The molecule has 2 aliphatic rings. The Hall–Kier alpha value is -3.04. The van der Waals surface area contributed by atoms with E-state index < -0.39 is 0 Å². The van der Waals surface area contributed by atoms with Gasteiger partial charge in [-0.2, -0.15) is 0 Å². The number of benzene rings is 1. The Morgan fingerprint density at radius 2 is 1.17 bits per heavy atom. The molecule has 1 aliphatic carbocycles. The SMILES string of the molecule is O=C(CCCCCCCCCCSSCCCCCCCCCCCNC(=O)c1cccc(N2C(=O)C=CC2=O)c1)NC=C1C=CC=C1. The van der Waals surface area contributed by atoms with Gasteiger partial charge in [0.25, 0.3) is 17.7 Å². The first-order valence-electron chi connectivity index (χ1n) is 18.1. The second-order valence-electron chi connectivity index (χ2n) is 12.5. The summed E-state index contributed by atoms with van der Waals surface area (Å²) in [4.78, 5) is 49.2. The Bertz CT molecular complexity index is 1240. The number of nitrogens with one attached hydrogen (secondary N) is 2. The Labute approximate surface area is 296 Å². The number of amides is 4. The average Bonchev–Trinajstić information content (AvgIpc) is 3.74. The van der Waals surface area contributed by atoms with Crippen molar-refractivity contribution in [2.24, 2.45) is 0 Å². The number of carbonyl (C=O) groups excluding carboxylic acids is 4. The van der Waals surface area contributed by atoms with E-state index in [1.807, 2.05) is 45.9 Å². The summed E-state index contributed by atoms with van der Waals surface area (Å²) in [6.07, 6.45) is 33.8. The van der Waals surface area contributed by atoms with Crippen molar-refractivity contribution in [1.29, 1.82) is 0 Å². The van der Waals surface area contributed by atoms with E-state index in [0.29, 0.717) is 24.2 Å². The van der Waals surface area contributed by atoms with Crippen LogP contribution in [0.1, 0.15) is 126 Å². The lowest BCUT2D eigenvalue weighted by atomic mass is 10.1. The highest BCUT2D eigenvalue weighted by Gasteiger charge is 2.25. The molecule has 1 aromatic rings. The average molecular weight is 694 g/mol. The van der Waals surface area contributed by atoms with Crippen molar-refractivity contribution in [1.82, 2.24) is 10.6 Å². The van der Waals surface area contributed by atoms with Gasteiger partial charge in [0.15, 0.2) is 0 Å². The van der Waals surface area contributed by atoms with Crippen LogP contribution in [0.4, 0.5) is 5.69 Å². The molecule has 1 aromatic carbocycles. The van der Waals surface area contributed by atoms with Crippen molar-refractivity contribution in [3.05, 3.63) is 78.1 Å². The van der Waals surface area contributed by atoms with Crippen molar-refractivity contribution in [3.63, 3.8) is 0 Å². The summed E-state index contributed by atoms with van der Waals surface area (Å²) in [5.74, 6) is 1.69. The van der Waals surface area contributed by atoms with Crippen LogP contribution in [0.2, 0.25) is 0 Å². The molecule has 262 valence electrons. The van der Waals surface area contributed by atoms with E-state index >= 15 is 0 Å². The minimum atomic E-state index is -0.386. The molecule has 1 aliphatic heterocycles. The fourth-order valence-corrected chi connectivity index (χ4v) is 7.91. The quantitative estimate of drug-likeness (QED) is 0.0542. The fourth-order valence-electron chi connectivity index (χ4n) is 5.61. The molecule has 9 heteroatoms. The molecule has 2 N–H and O–H groups in total. The van der Waals surface area contributed by atoms with E-state index in [1.165, 1.54) is 107 Å². The van der Waals surface area contributed by atoms with E-state index in [-0.39, 0.29) is 23.6 Å². The molecule has 0 fully saturated rings. The van der Waals surface area contributed by atoms with Gasteiger partial charge in [0.1, 0.15) is 0 Å². The van der Waals surface area contributed by atoms with Gasteiger partial charge in [0.2, 0.25) is 5.91 Å². The lowest BCUT2D eigenvalue weighted by Crippen LogP contribution is -2.30. The fraction of sp³-hybridized carbons (Fsp3) is 0.538. The number of anilines is 1. The predicted octanol–water partition coefficient (Wildman–Crippen LogP) is 9.38. The van der Waals surface area contributed by atoms with Gasteiger partial charge in [-0.1, -0.05) is 135 Å². The van der Waals surface area contributed by atoms with Crippen molar-refractivity contribution in [3.8, 4) is 0 Å². The molecular formula is C39H55N3O4S2. The van der Waals surface area contributed by atoms with Gasteiger partial charge < -0.3 is 10.6 Å². The first-order chi connectivity index (χ1) is 23.5. The minimum Gasteiger partial charge on any atom is -0.352 e. The predicted molar refractivity (Wildman–Crippen MR) is 203 cm³/mol. The summed E-state index contributed by atoms with van der Waals surface area (Å²) in [6.45, 7) is 0.627. The van der Waals surface area contributed by atoms with Crippen LogP contribution in [-0.2, 0) is 14.4 Å². The Morgan fingerprint density at radius 1 is 0.646 bits per heavy atom. The molecule has 4 amide bonds. The first-order valence-corrected chi connectivity index (χ1v) is 20.6. The third-order valence-electron chi connectivity index (χ3n) is 8.42. The zero-order valence-electron chi connectivity index (χ0n) is 28.6. The van der Waals surface area contributed by atoms with Crippen molar-refractivity contribution >= 4 is 50.9 Å². The zero-order chi connectivity index (χ0) is 34.1. The molecule has 0 bridgehead atoms. The van der Waals surface area contributed by atoms with Crippen LogP contribution in [0.25, 0.3) is 0 Å². The lowest BCUT2D eigenvalue weighted by Gasteiger charge is -2.14. The first kappa shape index (κ1) is 39.4. The molecule has 48 heavy (non-hydrogen) atoms. The smallest absolute Gasteiger partial charge is 0.258 e. The zero-order valence-corrected chi connectivity index (χ0v) is 30.2. The van der Waals surface area contributed by atoms with Gasteiger partial charge in [-0.15, -0.1) is 0 Å². The molecule has 0 atom stereocenters. The second-order valence-corrected chi connectivity index (χ2v) is 15.2. The van der Waals surface area contributed by atoms with E-state index in [9.17, 15) is 19.2 Å². The highest BCUT2D eigenvalue weighted by atomic mass is 33.1. The van der Waals surface area contributed by atoms with Gasteiger partial charge in [0, 0.05) is 48.4 Å². The van der Waals surface area contributed by atoms with Crippen LogP contribution in [0.3, 0.4) is 0 Å². The molecular weight excluding hydrogens is 639 g/mol. The number of hydrogen-bond donors (Lipinski definition) is 2. The van der Waals surface area contributed by atoms with E-state index in [4.69, 9.17) is 0 Å². The van der Waals surface area contributed by atoms with Crippen molar-refractivity contribution < 1.29 is 19.2 Å². The molecule has 1 heterocycles. The summed E-state index contributed by atoms with van der Waals surface area (Å²) in [5, 5.41) is 5.83. The number of rotatable bonds is 27. The van der Waals surface area contributed by atoms with E-state index in [0.717, 1.165) is 36.2 Å². The van der Waals surface area contributed by atoms with Crippen LogP contribution in [0.5, 0.6) is 0 Å². The summed E-state index contributed by atoms with van der Waals surface area (Å²) in [5.41, 5.74) is 1.91. The molecule has 0 aromatic heterocycles. The monoisotopic (exact) mass is 693 g/mol. The maximum atomic E-state index is 12.5. The molecule has 0 saturated carbocycles. The topological polar surface area (TPSA) is 95.6 Å². The van der Waals surface area contributed by atoms with E-state index in [2.05, 4.69) is 10.6 Å². The number of hydrogen-bond acceptors (Lipinski definition) is 6. The normalized spacial score (nSPS) is 13.6. The van der Waals surface area contributed by atoms with Crippen LogP contribution < -0.4 is 15.5 Å². The largest absolute Gasteiger partial charge is 0.352 e.